The second-order valence-electron chi connectivity index (χ2n) is 4.70. The third kappa shape index (κ3) is 3.15. The summed E-state index contributed by atoms with van der Waals surface area (Å²) in [6.45, 7) is 0. The molecule has 7 heteroatoms. The molecule has 0 saturated heterocycles. The first-order chi connectivity index (χ1) is 10.7. The van der Waals surface area contributed by atoms with Crippen LogP contribution in [0.4, 0.5) is 0 Å². The average molecular weight is 312 g/mol. The van der Waals surface area contributed by atoms with Gasteiger partial charge in [-0.25, -0.2) is 0 Å². The number of tetrazole rings is 1. The third-order valence-electron chi connectivity index (χ3n) is 3.20. The zero-order chi connectivity index (χ0) is 15.4. The predicted octanol–water partition coefficient (Wildman–Crippen LogP) is 1.85. The highest BCUT2D eigenvalue weighted by atomic mass is 32.1. The van der Waals surface area contributed by atoms with Crippen molar-refractivity contribution in [1.82, 2.24) is 20.6 Å². The molecular formula is C15H12N4O2S. The van der Waals surface area contributed by atoms with Crippen molar-refractivity contribution in [3.05, 3.63) is 63.6 Å². The van der Waals surface area contributed by atoms with Crippen LogP contribution in [0, 0.1) is 0 Å². The molecule has 0 aliphatic rings. The molecule has 0 amide bonds. The lowest BCUT2D eigenvalue weighted by atomic mass is 10.0. The molecule has 0 saturated carbocycles. The minimum absolute atomic E-state index is 0.0627. The normalized spacial score (nSPS) is 10.5. The van der Waals surface area contributed by atoms with E-state index in [9.17, 15) is 9.59 Å². The molecule has 0 atom stereocenters. The van der Waals surface area contributed by atoms with Gasteiger partial charge in [-0.1, -0.05) is 30.3 Å². The second kappa shape index (κ2) is 6.40. The molecule has 0 bridgehead atoms. The third-order valence-corrected chi connectivity index (χ3v) is 4.16. The lowest BCUT2D eigenvalue weighted by Crippen LogP contribution is -2.18. The molecule has 0 fully saturated rings. The van der Waals surface area contributed by atoms with Crippen LogP contribution in [0.3, 0.4) is 0 Å². The molecule has 3 aromatic rings. The number of aromatic amines is 1. The zero-order valence-electron chi connectivity index (χ0n) is 11.5. The number of aromatic nitrogens is 4. The Morgan fingerprint density at radius 2 is 1.95 bits per heavy atom. The number of benzene rings is 1. The van der Waals surface area contributed by atoms with Crippen molar-refractivity contribution in [2.75, 3.05) is 0 Å². The van der Waals surface area contributed by atoms with Crippen molar-refractivity contribution in [2.45, 2.75) is 12.8 Å². The van der Waals surface area contributed by atoms with Gasteiger partial charge in [0.1, 0.15) is 0 Å². The van der Waals surface area contributed by atoms with Gasteiger partial charge in [-0.05, 0) is 34.2 Å². The molecule has 0 aliphatic heterocycles. The maximum Gasteiger partial charge on any atom is 0.269 e. The van der Waals surface area contributed by atoms with Crippen LogP contribution in [0.5, 0.6) is 0 Å². The summed E-state index contributed by atoms with van der Waals surface area (Å²) in [7, 11) is 0. The number of hydrogen-bond donors (Lipinski definition) is 1. The molecule has 22 heavy (non-hydrogen) atoms. The summed E-state index contributed by atoms with van der Waals surface area (Å²) >= 11 is 1.47. The number of Topliss-reactive ketones (excluding diaryl/α,β-unsaturated/α-hetero) is 2. The first kappa shape index (κ1) is 14.3. The quantitative estimate of drug-likeness (QED) is 0.554. The summed E-state index contributed by atoms with van der Waals surface area (Å²) in [5.41, 5.74) is 2.23. The first-order valence-corrected chi connectivity index (χ1v) is 7.52. The molecule has 6 nitrogen and oxygen atoms in total. The monoisotopic (exact) mass is 312 g/mol. The van der Waals surface area contributed by atoms with E-state index in [0.717, 1.165) is 16.9 Å². The Labute approximate surface area is 130 Å². The smallest absolute Gasteiger partial charge is 0.269 e. The van der Waals surface area contributed by atoms with Gasteiger partial charge in [0, 0.05) is 11.3 Å². The number of nitrogens with one attached hydrogen (secondary N) is 1. The van der Waals surface area contributed by atoms with E-state index >= 15 is 0 Å². The van der Waals surface area contributed by atoms with Crippen molar-refractivity contribution in [2.24, 2.45) is 0 Å². The van der Waals surface area contributed by atoms with Crippen LogP contribution in [-0.4, -0.2) is 32.2 Å². The first-order valence-electron chi connectivity index (χ1n) is 6.64. The number of thiophene rings is 1. The number of rotatable bonds is 6. The number of H-pyrrole nitrogens is 1. The van der Waals surface area contributed by atoms with Gasteiger partial charge in [-0.2, -0.15) is 5.21 Å². The van der Waals surface area contributed by atoms with Gasteiger partial charge < -0.3 is 0 Å². The summed E-state index contributed by atoms with van der Waals surface area (Å²) < 4.78 is 0. The predicted molar refractivity (Wildman–Crippen MR) is 80.8 cm³/mol. The van der Waals surface area contributed by atoms with Crippen LogP contribution in [0.25, 0.3) is 0 Å². The number of nitrogens with zero attached hydrogens (tertiary/aromatic N) is 3. The second-order valence-corrected chi connectivity index (χ2v) is 5.70. The van der Waals surface area contributed by atoms with E-state index in [2.05, 4.69) is 20.6 Å². The van der Waals surface area contributed by atoms with E-state index in [1.54, 1.807) is 0 Å². The van der Waals surface area contributed by atoms with E-state index < -0.39 is 11.6 Å². The number of ketones is 2. The van der Waals surface area contributed by atoms with Crippen molar-refractivity contribution < 1.29 is 9.59 Å². The largest absolute Gasteiger partial charge is 0.290 e. The molecular weight excluding hydrogens is 300 g/mol. The number of hydrogen-bond acceptors (Lipinski definition) is 6. The molecule has 0 radical (unpaired) electrons. The highest BCUT2D eigenvalue weighted by Crippen LogP contribution is 2.21. The Kier molecular flexibility index (Phi) is 4.15. The SMILES string of the molecule is O=C(Cc1sccc1Cc1ccccc1)C(=O)c1nn[nH]n1. The molecule has 1 N–H and O–H groups in total. The van der Waals surface area contributed by atoms with Gasteiger partial charge in [-0.15, -0.1) is 21.5 Å². The Bertz CT molecular complexity index is 781. The fourth-order valence-electron chi connectivity index (χ4n) is 2.10. The van der Waals surface area contributed by atoms with Crippen molar-refractivity contribution in [1.29, 1.82) is 0 Å². The Balaban J connectivity index is 1.72. The van der Waals surface area contributed by atoms with Crippen LogP contribution in [0.15, 0.2) is 41.8 Å². The van der Waals surface area contributed by atoms with Crippen LogP contribution in [0.1, 0.15) is 26.6 Å². The highest BCUT2D eigenvalue weighted by Gasteiger charge is 2.22. The molecule has 0 aliphatic carbocycles. The van der Waals surface area contributed by atoms with Crippen molar-refractivity contribution in [3.63, 3.8) is 0 Å². The summed E-state index contributed by atoms with van der Waals surface area (Å²) in [6, 6.07) is 12.0. The Morgan fingerprint density at radius 3 is 2.68 bits per heavy atom. The van der Waals surface area contributed by atoms with Crippen molar-refractivity contribution >= 4 is 22.9 Å². The molecule has 1 aromatic carbocycles. The summed E-state index contributed by atoms with van der Waals surface area (Å²) in [6.07, 6.45) is 0.802. The molecule has 0 spiro atoms. The number of carbonyl (C=O) groups excluding carboxylic acids is 2. The molecule has 2 aromatic heterocycles. The minimum Gasteiger partial charge on any atom is -0.290 e. The van der Waals surface area contributed by atoms with Gasteiger partial charge in [0.25, 0.3) is 5.78 Å². The lowest BCUT2D eigenvalue weighted by Gasteiger charge is -2.03. The van der Waals surface area contributed by atoms with Gasteiger partial charge in [0.05, 0.1) is 0 Å². The Hall–Kier alpha value is -2.67. The van der Waals surface area contributed by atoms with Crippen LogP contribution < -0.4 is 0 Å². The summed E-state index contributed by atoms with van der Waals surface area (Å²) in [4.78, 5) is 24.8. The summed E-state index contributed by atoms with van der Waals surface area (Å²) in [5, 5.41) is 14.5. The molecule has 110 valence electrons. The van der Waals surface area contributed by atoms with Gasteiger partial charge in [-0.3, -0.25) is 9.59 Å². The topological polar surface area (TPSA) is 88.6 Å². The fourth-order valence-corrected chi connectivity index (χ4v) is 3.01. The van der Waals surface area contributed by atoms with E-state index in [4.69, 9.17) is 0 Å². The molecule has 0 unspecified atom stereocenters. The fraction of sp³-hybridized carbons (Fsp3) is 0.133. The standard InChI is InChI=1S/C15H12N4O2S/c20-12(14(21)15-16-18-19-17-15)9-13-11(6-7-22-13)8-10-4-2-1-3-5-10/h1-7H,8-9H2,(H,16,17,18,19). The van der Waals surface area contributed by atoms with E-state index in [-0.39, 0.29) is 12.2 Å². The van der Waals surface area contributed by atoms with E-state index in [0.29, 0.717) is 0 Å². The minimum atomic E-state index is -0.715. The van der Waals surface area contributed by atoms with E-state index in [1.807, 2.05) is 41.8 Å². The molecule has 3 rings (SSSR count). The van der Waals surface area contributed by atoms with Crippen LogP contribution in [-0.2, 0) is 17.6 Å². The van der Waals surface area contributed by atoms with Crippen molar-refractivity contribution in [3.8, 4) is 0 Å². The lowest BCUT2D eigenvalue weighted by molar-refractivity contribution is -0.114. The maximum absolute atomic E-state index is 12.0. The van der Waals surface area contributed by atoms with Crippen LogP contribution in [0.2, 0.25) is 0 Å². The highest BCUT2D eigenvalue weighted by molar-refractivity contribution is 7.10. The maximum atomic E-state index is 12.0. The van der Waals surface area contributed by atoms with Gasteiger partial charge >= 0.3 is 0 Å². The zero-order valence-corrected chi connectivity index (χ0v) is 12.3. The number of carbonyl (C=O) groups is 2. The Morgan fingerprint density at radius 1 is 1.14 bits per heavy atom. The summed E-state index contributed by atoms with van der Waals surface area (Å²) in [5.74, 6) is -1.43. The van der Waals surface area contributed by atoms with Gasteiger partial charge in [0.15, 0.2) is 0 Å². The van der Waals surface area contributed by atoms with E-state index in [1.165, 1.54) is 16.9 Å². The average Bonchev–Trinajstić information content (AvgIpc) is 3.20. The van der Waals surface area contributed by atoms with Gasteiger partial charge in [0.2, 0.25) is 11.6 Å². The molecule has 2 heterocycles. The van der Waals surface area contributed by atoms with Crippen LogP contribution >= 0.6 is 11.3 Å².